The lowest BCUT2D eigenvalue weighted by Crippen LogP contribution is -2.40. The van der Waals surface area contributed by atoms with Crippen molar-refractivity contribution in [3.63, 3.8) is 0 Å². The number of fused-ring (bicyclic) bond motifs is 1. The number of carbonyl (C=O) groups excluding carboxylic acids is 1. The van der Waals surface area contributed by atoms with Crippen LogP contribution >= 0.6 is 22.9 Å². The monoisotopic (exact) mass is 433 g/mol. The summed E-state index contributed by atoms with van der Waals surface area (Å²) >= 11 is 7.93. The maximum absolute atomic E-state index is 13.5. The molecule has 146 valence electrons. The SMILES string of the molecule is Cc1ccc2c(Cl)c(C(=O)N(Cc3ccccc3)[C@@H]3CCS(=O)(=O)C3)sc2c1. The lowest BCUT2D eigenvalue weighted by Gasteiger charge is -2.28. The summed E-state index contributed by atoms with van der Waals surface area (Å²) in [6, 6.07) is 15.2. The molecule has 1 aromatic heterocycles. The molecule has 0 unspecified atom stereocenters. The second-order valence-corrected chi connectivity index (χ2v) is 10.9. The molecule has 2 heterocycles. The zero-order chi connectivity index (χ0) is 19.9. The van der Waals surface area contributed by atoms with Crippen LogP contribution in [0.2, 0.25) is 5.02 Å². The minimum Gasteiger partial charge on any atom is -0.330 e. The number of rotatable bonds is 4. The van der Waals surface area contributed by atoms with Crippen LogP contribution in [0.25, 0.3) is 10.1 Å². The number of amides is 1. The smallest absolute Gasteiger partial charge is 0.266 e. The van der Waals surface area contributed by atoms with E-state index in [1.165, 1.54) is 11.3 Å². The van der Waals surface area contributed by atoms with Crippen molar-refractivity contribution >= 4 is 48.8 Å². The van der Waals surface area contributed by atoms with Crippen molar-refractivity contribution in [2.75, 3.05) is 11.5 Å². The Bertz CT molecular complexity index is 1140. The molecule has 0 aliphatic carbocycles. The van der Waals surface area contributed by atoms with Crippen molar-refractivity contribution < 1.29 is 13.2 Å². The summed E-state index contributed by atoms with van der Waals surface area (Å²) in [7, 11) is -3.11. The second-order valence-electron chi connectivity index (χ2n) is 7.22. The Balaban J connectivity index is 1.73. The number of thiophene rings is 1. The highest BCUT2D eigenvalue weighted by molar-refractivity contribution is 7.91. The van der Waals surface area contributed by atoms with Gasteiger partial charge in [-0.05, 0) is 30.5 Å². The van der Waals surface area contributed by atoms with Gasteiger partial charge in [0.15, 0.2) is 9.84 Å². The Kier molecular flexibility index (Phi) is 5.21. The van der Waals surface area contributed by atoms with Gasteiger partial charge in [-0.3, -0.25) is 4.79 Å². The van der Waals surface area contributed by atoms with Gasteiger partial charge in [0.2, 0.25) is 0 Å². The highest BCUT2D eigenvalue weighted by atomic mass is 35.5. The summed E-state index contributed by atoms with van der Waals surface area (Å²) in [5.41, 5.74) is 2.07. The van der Waals surface area contributed by atoms with E-state index in [-0.39, 0.29) is 23.5 Å². The van der Waals surface area contributed by atoms with E-state index in [0.717, 1.165) is 21.2 Å². The van der Waals surface area contributed by atoms with Gasteiger partial charge in [0, 0.05) is 22.7 Å². The minimum atomic E-state index is -3.11. The normalized spacial score (nSPS) is 18.4. The molecular formula is C21H20ClNO3S2. The van der Waals surface area contributed by atoms with E-state index in [9.17, 15) is 13.2 Å². The predicted molar refractivity (Wildman–Crippen MR) is 115 cm³/mol. The van der Waals surface area contributed by atoms with Crippen LogP contribution in [0.1, 0.15) is 27.2 Å². The third kappa shape index (κ3) is 3.81. The molecule has 0 N–H and O–H groups in total. The Labute approximate surface area is 173 Å². The van der Waals surface area contributed by atoms with Gasteiger partial charge >= 0.3 is 0 Å². The lowest BCUT2D eigenvalue weighted by molar-refractivity contribution is 0.0686. The van der Waals surface area contributed by atoms with Crippen molar-refractivity contribution in [1.82, 2.24) is 4.90 Å². The molecule has 7 heteroatoms. The summed E-state index contributed by atoms with van der Waals surface area (Å²) < 4.78 is 25.0. The molecule has 2 aromatic carbocycles. The first-order chi connectivity index (χ1) is 13.3. The van der Waals surface area contributed by atoms with Crippen LogP contribution < -0.4 is 0 Å². The molecule has 1 aliphatic heterocycles. The van der Waals surface area contributed by atoms with Crippen LogP contribution in [0.4, 0.5) is 0 Å². The van der Waals surface area contributed by atoms with Gasteiger partial charge in [-0.25, -0.2) is 8.42 Å². The van der Waals surface area contributed by atoms with E-state index in [2.05, 4.69) is 0 Å². The van der Waals surface area contributed by atoms with E-state index in [4.69, 9.17) is 11.6 Å². The van der Waals surface area contributed by atoms with Crippen LogP contribution in [0, 0.1) is 6.92 Å². The van der Waals surface area contributed by atoms with Gasteiger partial charge in [-0.15, -0.1) is 11.3 Å². The number of hydrogen-bond donors (Lipinski definition) is 0. The highest BCUT2D eigenvalue weighted by Crippen LogP contribution is 2.37. The fraction of sp³-hybridized carbons (Fsp3) is 0.286. The van der Waals surface area contributed by atoms with Crippen LogP contribution in [-0.2, 0) is 16.4 Å². The van der Waals surface area contributed by atoms with Crippen molar-refractivity contribution in [3.05, 3.63) is 69.6 Å². The molecule has 1 aliphatic rings. The number of sulfone groups is 1. The second kappa shape index (κ2) is 7.50. The van der Waals surface area contributed by atoms with Crippen LogP contribution in [0.3, 0.4) is 0 Å². The topological polar surface area (TPSA) is 54.5 Å². The molecule has 0 saturated carbocycles. The van der Waals surface area contributed by atoms with Gasteiger partial charge in [0.05, 0.1) is 16.5 Å². The standard InChI is InChI=1S/C21H20ClNO3S2/c1-14-7-8-17-18(11-14)27-20(19(17)22)21(24)23(12-15-5-3-2-4-6-15)16-9-10-28(25,26)13-16/h2-8,11,16H,9-10,12-13H2,1H3/t16-/m1/s1. The molecule has 1 amide bonds. The number of hydrogen-bond acceptors (Lipinski definition) is 4. The average molecular weight is 434 g/mol. The van der Waals surface area contributed by atoms with Gasteiger partial charge in [0.1, 0.15) is 4.88 Å². The molecule has 0 bridgehead atoms. The number of halogens is 1. The Morgan fingerprint density at radius 3 is 2.64 bits per heavy atom. The van der Waals surface area contributed by atoms with Crippen molar-refractivity contribution in [1.29, 1.82) is 0 Å². The number of benzene rings is 2. The molecule has 3 aromatic rings. The molecule has 28 heavy (non-hydrogen) atoms. The molecule has 4 rings (SSSR count). The molecular weight excluding hydrogens is 414 g/mol. The molecule has 1 fully saturated rings. The fourth-order valence-corrected chi connectivity index (χ4v) is 6.91. The van der Waals surface area contributed by atoms with E-state index >= 15 is 0 Å². The molecule has 1 saturated heterocycles. The minimum absolute atomic E-state index is 0.00714. The van der Waals surface area contributed by atoms with Crippen LogP contribution in [0.15, 0.2) is 48.5 Å². The zero-order valence-corrected chi connectivity index (χ0v) is 17.8. The summed E-state index contributed by atoms with van der Waals surface area (Å²) in [6.07, 6.45) is 0.461. The maximum atomic E-state index is 13.5. The lowest BCUT2D eigenvalue weighted by atomic mass is 10.1. The van der Waals surface area contributed by atoms with Crippen LogP contribution in [-0.4, -0.2) is 36.8 Å². The quantitative estimate of drug-likeness (QED) is 0.599. The third-order valence-corrected chi connectivity index (χ3v) is 8.48. The largest absolute Gasteiger partial charge is 0.330 e. The zero-order valence-electron chi connectivity index (χ0n) is 15.4. The van der Waals surface area contributed by atoms with E-state index < -0.39 is 9.84 Å². The van der Waals surface area contributed by atoms with E-state index in [1.54, 1.807) is 4.90 Å². The Morgan fingerprint density at radius 2 is 1.96 bits per heavy atom. The third-order valence-electron chi connectivity index (χ3n) is 5.08. The fourth-order valence-electron chi connectivity index (χ4n) is 3.61. The van der Waals surface area contributed by atoms with Crippen molar-refractivity contribution in [3.8, 4) is 0 Å². The molecule has 1 atom stereocenters. The summed E-state index contributed by atoms with van der Waals surface area (Å²) in [5, 5.41) is 1.31. The number of carbonyl (C=O) groups is 1. The number of aryl methyl sites for hydroxylation is 1. The number of nitrogens with zero attached hydrogens (tertiary/aromatic N) is 1. The summed E-state index contributed by atoms with van der Waals surface area (Å²) in [4.78, 5) is 15.6. The van der Waals surface area contributed by atoms with Gasteiger partial charge in [-0.1, -0.05) is 54.1 Å². The van der Waals surface area contributed by atoms with Gasteiger partial charge < -0.3 is 4.90 Å². The Hall–Kier alpha value is -1.89. The summed E-state index contributed by atoms with van der Waals surface area (Å²) in [6.45, 7) is 2.36. The first-order valence-corrected chi connectivity index (χ1v) is 12.1. The van der Waals surface area contributed by atoms with Crippen molar-refractivity contribution in [2.24, 2.45) is 0 Å². The molecule has 0 radical (unpaired) electrons. The van der Waals surface area contributed by atoms with E-state index in [1.807, 2.05) is 55.5 Å². The highest BCUT2D eigenvalue weighted by Gasteiger charge is 2.36. The first kappa shape index (κ1) is 19.4. The maximum Gasteiger partial charge on any atom is 0.266 e. The summed E-state index contributed by atoms with van der Waals surface area (Å²) in [5.74, 6) is -0.0715. The van der Waals surface area contributed by atoms with Gasteiger partial charge in [-0.2, -0.15) is 0 Å². The molecule has 4 nitrogen and oxygen atoms in total. The van der Waals surface area contributed by atoms with E-state index in [0.29, 0.717) is 22.9 Å². The first-order valence-electron chi connectivity index (χ1n) is 9.08. The van der Waals surface area contributed by atoms with Gasteiger partial charge in [0.25, 0.3) is 5.91 Å². The predicted octanol–water partition coefficient (Wildman–Crippen LogP) is 4.69. The van der Waals surface area contributed by atoms with Crippen LogP contribution in [0.5, 0.6) is 0 Å². The van der Waals surface area contributed by atoms with Crippen molar-refractivity contribution in [2.45, 2.75) is 25.9 Å². The Morgan fingerprint density at radius 1 is 1.21 bits per heavy atom. The average Bonchev–Trinajstić information content (AvgIpc) is 3.19. The molecule has 0 spiro atoms.